The van der Waals surface area contributed by atoms with Gasteiger partial charge in [0.15, 0.2) is 5.69 Å². The van der Waals surface area contributed by atoms with Crippen molar-refractivity contribution in [1.29, 1.82) is 0 Å². The zero-order valence-corrected chi connectivity index (χ0v) is 18.8. The first-order valence-electron chi connectivity index (χ1n) is 10.3. The van der Waals surface area contributed by atoms with E-state index in [1.54, 1.807) is 31.2 Å². The molecule has 1 fully saturated rings. The molecule has 0 saturated carbocycles. The highest BCUT2D eigenvalue weighted by Crippen LogP contribution is 2.28. The van der Waals surface area contributed by atoms with E-state index in [9.17, 15) is 14.4 Å². The zero-order valence-electron chi connectivity index (χ0n) is 18.0. The Morgan fingerprint density at radius 1 is 1.34 bits per heavy atom. The Hall–Kier alpha value is -3.18. The molecule has 1 aliphatic heterocycles. The Bertz CT molecular complexity index is 971. The number of nitrogen functional groups attached to an aromatic ring is 1. The van der Waals surface area contributed by atoms with Gasteiger partial charge in [0.2, 0.25) is 5.91 Å². The second-order valence-corrected chi connectivity index (χ2v) is 8.07. The number of nitrogens with one attached hydrogen (secondary N) is 1. The minimum Gasteiger partial charge on any atom is -0.494 e. The van der Waals surface area contributed by atoms with Crippen LogP contribution < -0.4 is 26.4 Å². The van der Waals surface area contributed by atoms with E-state index in [0.29, 0.717) is 31.2 Å². The summed E-state index contributed by atoms with van der Waals surface area (Å²) in [6.45, 7) is 5.03. The van der Waals surface area contributed by atoms with Gasteiger partial charge < -0.3 is 26.3 Å². The maximum Gasteiger partial charge on any atom is 0.272 e. The van der Waals surface area contributed by atoms with Crippen molar-refractivity contribution in [2.24, 2.45) is 5.73 Å². The number of nitrogens with zero attached hydrogens (tertiary/aromatic N) is 2. The van der Waals surface area contributed by atoms with Crippen LogP contribution >= 0.6 is 11.5 Å². The van der Waals surface area contributed by atoms with Gasteiger partial charge in [-0.15, -0.1) is 0 Å². The third-order valence-corrected chi connectivity index (χ3v) is 5.95. The number of aromatic nitrogens is 1. The first-order valence-corrected chi connectivity index (χ1v) is 11.1. The molecule has 2 atom stereocenters. The van der Waals surface area contributed by atoms with Crippen LogP contribution in [0.5, 0.6) is 5.75 Å². The van der Waals surface area contributed by atoms with E-state index >= 15 is 0 Å². The first-order chi connectivity index (χ1) is 15.3. The maximum atomic E-state index is 13.4. The molecule has 10 nitrogen and oxygen atoms in total. The molecular formula is C21H27N5O5S. The van der Waals surface area contributed by atoms with E-state index in [2.05, 4.69) is 9.69 Å². The lowest BCUT2D eigenvalue weighted by atomic mass is 10.1. The SMILES string of the molecule is CCOc1ccc(N(C(=O)c2snc(C(N)=O)c2N)C(C)C(=O)NCC2CCCO2)cc1. The lowest BCUT2D eigenvalue weighted by molar-refractivity contribution is -0.122. The smallest absolute Gasteiger partial charge is 0.272 e. The van der Waals surface area contributed by atoms with Crippen molar-refractivity contribution in [1.82, 2.24) is 9.69 Å². The topological polar surface area (TPSA) is 150 Å². The molecule has 2 heterocycles. The minimum atomic E-state index is -0.875. The summed E-state index contributed by atoms with van der Waals surface area (Å²) in [5.74, 6) is -1.10. The molecule has 1 aliphatic rings. The predicted octanol–water partition coefficient (Wildman–Crippen LogP) is 1.55. The fourth-order valence-electron chi connectivity index (χ4n) is 3.41. The van der Waals surface area contributed by atoms with Crippen molar-refractivity contribution in [3.05, 3.63) is 34.8 Å². The number of benzene rings is 1. The molecule has 0 radical (unpaired) electrons. The molecule has 3 rings (SSSR count). The Balaban J connectivity index is 1.88. The quantitative estimate of drug-likeness (QED) is 0.513. The van der Waals surface area contributed by atoms with Crippen LogP contribution in [0.2, 0.25) is 0 Å². The Labute approximate surface area is 190 Å². The Kier molecular flexibility index (Phi) is 7.65. The Morgan fingerprint density at radius 3 is 2.62 bits per heavy atom. The van der Waals surface area contributed by atoms with Crippen molar-refractivity contribution >= 4 is 40.6 Å². The number of rotatable bonds is 9. The summed E-state index contributed by atoms with van der Waals surface area (Å²) in [6.07, 6.45) is 1.81. The number of anilines is 2. The first kappa shape index (κ1) is 23.5. The standard InChI is InChI=1S/C21H27N5O5S/c1-3-30-14-8-6-13(7-9-14)26(12(2)20(28)24-11-15-5-4-10-31-15)21(29)18-16(22)17(19(23)27)25-32-18/h6-9,12,15H,3-5,10-11,22H2,1-2H3,(H2,23,27)(H,24,28). The molecule has 0 bridgehead atoms. The van der Waals surface area contributed by atoms with E-state index in [4.69, 9.17) is 20.9 Å². The van der Waals surface area contributed by atoms with E-state index < -0.39 is 17.9 Å². The van der Waals surface area contributed by atoms with Crippen LogP contribution in [0.25, 0.3) is 0 Å². The van der Waals surface area contributed by atoms with Crippen molar-refractivity contribution in [2.45, 2.75) is 38.8 Å². The summed E-state index contributed by atoms with van der Waals surface area (Å²) in [5, 5.41) is 2.85. The highest BCUT2D eigenvalue weighted by atomic mass is 32.1. The molecular weight excluding hydrogens is 434 g/mol. The molecule has 1 saturated heterocycles. The van der Waals surface area contributed by atoms with Gasteiger partial charge in [-0.2, -0.15) is 4.37 Å². The van der Waals surface area contributed by atoms with Crippen LogP contribution in [-0.2, 0) is 9.53 Å². The molecule has 3 amide bonds. The van der Waals surface area contributed by atoms with Crippen LogP contribution in [0.4, 0.5) is 11.4 Å². The summed E-state index contributed by atoms with van der Waals surface area (Å²) < 4.78 is 14.9. The van der Waals surface area contributed by atoms with Gasteiger partial charge in [0.1, 0.15) is 16.7 Å². The highest BCUT2D eigenvalue weighted by Gasteiger charge is 2.32. The molecule has 0 spiro atoms. The van der Waals surface area contributed by atoms with Crippen molar-refractivity contribution in [2.75, 3.05) is 30.4 Å². The van der Waals surface area contributed by atoms with Gasteiger partial charge in [-0.1, -0.05) is 0 Å². The molecule has 5 N–H and O–H groups in total. The Morgan fingerprint density at radius 2 is 2.06 bits per heavy atom. The van der Waals surface area contributed by atoms with Crippen LogP contribution in [0.1, 0.15) is 46.8 Å². The number of hydrogen-bond donors (Lipinski definition) is 3. The predicted molar refractivity (Wildman–Crippen MR) is 121 cm³/mol. The minimum absolute atomic E-state index is 0.0314. The molecule has 1 aromatic heterocycles. The third-order valence-electron chi connectivity index (χ3n) is 5.09. The number of primary amides is 1. The van der Waals surface area contributed by atoms with Gasteiger partial charge in [0.05, 0.1) is 18.4 Å². The lowest BCUT2D eigenvalue weighted by Crippen LogP contribution is -2.49. The van der Waals surface area contributed by atoms with Crippen LogP contribution in [-0.4, -0.2) is 54.0 Å². The molecule has 32 heavy (non-hydrogen) atoms. The van der Waals surface area contributed by atoms with Crippen molar-refractivity contribution in [3.8, 4) is 5.75 Å². The number of hydrogen-bond acceptors (Lipinski definition) is 8. The van der Waals surface area contributed by atoms with Crippen LogP contribution in [0.3, 0.4) is 0 Å². The zero-order chi connectivity index (χ0) is 23.3. The van der Waals surface area contributed by atoms with E-state index in [0.717, 1.165) is 24.4 Å². The van der Waals surface area contributed by atoms with Gasteiger partial charge >= 0.3 is 0 Å². The third kappa shape index (κ3) is 5.17. The summed E-state index contributed by atoms with van der Waals surface area (Å²) in [4.78, 5) is 39.2. The maximum absolute atomic E-state index is 13.4. The number of nitrogens with two attached hydrogens (primary N) is 2. The molecule has 1 aromatic carbocycles. The van der Waals surface area contributed by atoms with Crippen molar-refractivity contribution < 1.29 is 23.9 Å². The average Bonchev–Trinajstić information content (AvgIpc) is 3.43. The van der Waals surface area contributed by atoms with Crippen LogP contribution in [0, 0.1) is 0 Å². The fourth-order valence-corrected chi connectivity index (χ4v) is 4.15. The van der Waals surface area contributed by atoms with E-state index in [1.807, 2.05) is 6.92 Å². The molecule has 2 unspecified atom stereocenters. The molecule has 172 valence electrons. The summed E-state index contributed by atoms with van der Waals surface area (Å²) in [6, 6.07) is 5.90. The summed E-state index contributed by atoms with van der Waals surface area (Å²) in [7, 11) is 0. The van der Waals surface area contributed by atoms with Gasteiger partial charge in [0, 0.05) is 18.8 Å². The van der Waals surface area contributed by atoms with Gasteiger partial charge in [-0.05, 0) is 62.5 Å². The van der Waals surface area contributed by atoms with Gasteiger partial charge in [-0.25, -0.2) is 0 Å². The largest absolute Gasteiger partial charge is 0.494 e. The number of carbonyl (C=O) groups excluding carboxylic acids is 3. The monoisotopic (exact) mass is 461 g/mol. The number of carbonyl (C=O) groups is 3. The summed E-state index contributed by atoms with van der Waals surface area (Å²) in [5.41, 5.74) is 11.4. The molecule has 2 aromatic rings. The lowest BCUT2D eigenvalue weighted by Gasteiger charge is -2.28. The van der Waals surface area contributed by atoms with Crippen LogP contribution in [0.15, 0.2) is 24.3 Å². The van der Waals surface area contributed by atoms with Gasteiger partial charge in [-0.3, -0.25) is 19.3 Å². The van der Waals surface area contributed by atoms with E-state index in [1.165, 1.54) is 4.90 Å². The molecule has 11 heteroatoms. The second kappa shape index (κ2) is 10.4. The normalized spacial score (nSPS) is 16.4. The fraction of sp³-hybridized carbons (Fsp3) is 0.429. The average molecular weight is 462 g/mol. The van der Waals surface area contributed by atoms with E-state index in [-0.39, 0.29) is 28.3 Å². The molecule has 0 aliphatic carbocycles. The number of amides is 3. The second-order valence-electron chi connectivity index (χ2n) is 7.30. The summed E-state index contributed by atoms with van der Waals surface area (Å²) >= 11 is 0.766. The van der Waals surface area contributed by atoms with Gasteiger partial charge in [0.25, 0.3) is 11.8 Å². The van der Waals surface area contributed by atoms with Crippen molar-refractivity contribution in [3.63, 3.8) is 0 Å². The number of ether oxygens (including phenoxy) is 2. The highest BCUT2D eigenvalue weighted by molar-refractivity contribution is 7.09.